The van der Waals surface area contributed by atoms with Crippen molar-refractivity contribution in [3.05, 3.63) is 89.8 Å². The third-order valence-corrected chi connectivity index (χ3v) is 5.49. The molecule has 0 saturated carbocycles. The second kappa shape index (κ2) is 5.20. The highest BCUT2D eigenvalue weighted by Gasteiger charge is 2.38. The quantitative estimate of drug-likeness (QED) is 0.559. The highest BCUT2D eigenvalue weighted by atomic mass is 19.1. The fraction of sp³-hybridized carbons (Fsp3) is 0.182. The average molecular weight is 315 g/mol. The minimum atomic E-state index is -0.179. The summed E-state index contributed by atoms with van der Waals surface area (Å²) < 4.78 is 13.3. The summed E-state index contributed by atoms with van der Waals surface area (Å²) >= 11 is 0. The first-order valence-electron chi connectivity index (χ1n) is 8.51. The number of halogens is 1. The Kier molecular flexibility index (Phi) is 2.99. The Balaban J connectivity index is 1.67. The molecule has 0 spiro atoms. The van der Waals surface area contributed by atoms with Gasteiger partial charge in [0.25, 0.3) is 0 Å². The van der Waals surface area contributed by atoms with Gasteiger partial charge in [0.1, 0.15) is 5.82 Å². The lowest BCUT2D eigenvalue weighted by atomic mass is 9.75. The molecule has 0 unspecified atom stereocenters. The number of nitrogens with one attached hydrogen (secondary N) is 1. The molecular formula is C22H18FN. The van der Waals surface area contributed by atoms with Crippen LogP contribution in [0.1, 0.15) is 29.5 Å². The maximum Gasteiger partial charge on any atom is 0.123 e. The summed E-state index contributed by atoms with van der Waals surface area (Å²) in [6.45, 7) is 0. The van der Waals surface area contributed by atoms with Gasteiger partial charge in [-0.15, -0.1) is 0 Å². The van der Waals surface area contributed by atoms with E-state index < -0.39 is 0 Å². The van der Waals surface area contributed by atoms with Crippen molar-refractivity contribution in [3.63, 3.8) is 0 Å². The maximum absolute atomic E-state index is 13.3. The summed E-state index contributed by atoms with van der Waals surface area (Å²) in [6.07, 6.45) is 5.71. The van der Waals surface area contributed by atoms with Gasteiger partial charge in [0, 0.05) is 11.6 Å². The van der Waals surface area contributed by atoms with E-state index in [1.807, 2.05) is 12.1 Å². The van der Waals surface area contributed by atoms with E-state index in [1.165, 1.54) is 22.0 Å². The van der Waals surface area contributed by atoms with Gasteiger partial charge in [0.05, 0.1) is 6.04 Å². The fourth-order valence-electron chi connectivity index (χ4n) is 4.38. The summed E-state index contributed by atoms with van der Waals surface area (Å²) in [7, 11) is 0. The predicted octanol–water partition coefficient (Wildman–Crippen LogP) is 5.81. The van der Waals surface area contributed by atoms with Crippen molar-refractivity contribution in [1.29, 1.82) is 0 Å². The van der Waals surface area contributed by atoms with Crippen LogP contribution in [0.15, 0.2) is 72.8 Å². The molecule has 2 aliphatic rings. The van der Waals surface area contributed by atoms with Gasteiger partial charge < -0.3 is 5.32 Å². The molecule has 24 heavy (non-hydrogen) atoms. The summed E-state index contributed by atoms with van der Waals surface area (Å²) in [6, 6.07) is 20.1. The minimum Gasteiger partial charge on any atom is -0.378 e. The lowest BCUT2D eigenvalue weighted by Gasteiger charge is -2.38. The van der Waals surface area contributed by atoms with Crippen molar-refractivity contribution in [3.8, 4) is 0 Å². The third kappa shape index (κ3) is 1.99. The van der Waals surface area contributed by atoms with E-state index in [4.69, 9.17) is 0 Å². The number of anilines is 1. The van der Waals surface area contributed by atoms with Crippen LogP contribution in [0.4, 0.5) is 10.1 Å². The molecule has 0 saturated heterocycles. The zero-order chi connectivity index (χ0) is 16.1. The molecule has 0 fully saturated rings. The van der Waals surface area contributed by atoms with E-state index in [0.29, 0.717) is 11.8 Å². The largest absolute Gasteiger partial charge is 0.378 e. The number of hydrogen-bond donors (Lipinski definition) is 1. The zero-order valence-corrected chi connectivity index (χ0v) is 13.2. The molecule has 3 aromatic rings. The van der Waals surface area contributed by atoms with Crippen LogP contribution in [0.3, 0.4) is 0 Å². The van der Waals surface area contributed by atoms with E-state index in [9.17, 15) is 4.39 Å². The molecule has 3 atom stereocenters. The Morgan fingerprint density at radius 3 is 2.62 bits per heavy atom. The van der Waals surface area contributed by atoms with Crippen LogP contribution in [0.25, 0.3) is 10.8 Å². The first-order valence-corrected chi connectivity index (χ1v) is 8.51. The normalized spacial score (nSPS) is 24.5. The van der Waals surface area contributed by atoms with Crippen molar-refractivity contribution < 1.29 is 4.39 Å². The van der Waals surface area contributed by atoms with E-state index in [-0.39, 0.29) is 11.9 Å². The average Bonchev–Trinajstić information content (AvgIpc) is 3.11. The second-order valence-electron chi connectivity index (χ2n) is 6.77. The van der Waals surface area contributed by atoms with E-state index in [1.54, 1.807) is 12.1 Å². The molecule has 0 amide bonds. The van der Waals surface area contributed by atoms with E-state index >= 15 is 0 Å². The Hall–Kier alpha value is -2.61. The summed E-state index contributed by atoms with van der Waals surface area (Å²) in [5, 5.41) is 6.36. The Morgan fingerprint density at radius 1 is 0.917 bits per heavy atom. The molecule has 1 aliphatic heterocycles. The van der Waals surface area contributed by atoms with Crippen LogP contribution >= 0.6 is 0 Å². The predicted molar refractivity (Wildman–Crippen MR) is 96.7 cm³/mol. The molecule has 1 N–H and O–H groups in total. The van der Waals surface area contributed by atoms with E-state index in [0.717, 1.165) is 12.0 Å². The fourth-order valence-corrected chi connectivity index (χ4v) is 4.38. The van der Waals surface area contributed by atoms with Crippen molar-refractivity contribution in [2.75, 3.05) is 5.32 Å². The Morgan fingerprint density at radius 2 is 1.75 bits per heavy atom. The summed E-state index contributed by atoms with van der Waals surface area (Å²) in [4.78, 5) is 0. The SMILES string of the molecule is Fc1ccc([C@@H]2Nc3ccc4ccccc4c3[C@H]3C=CC[C@@H]32)cc1. The monoisotopic (exact) mass is 315 g/mol. The lowest BCUT2D eigenvalue weighted by molar-refractivity contribution is 0.427. The molecule has 1 heterocycles. The molecule has 1 aliphatic carbocycles. The van der Waals surface area contributed by atoms with Crippen LogP contribution in [0.2, 0.25) is 0 Å². The maximum atomic E-state index is 13.3. The Bertz CT molecular complexity index is 942. The second-order valence-corrected chi connectivity index (χ2v) is 6.77. The standard InChI is InChI=1S/C22H18FN/c23-16-11-8-15(9-12-16)22-19-7-3-6-18(19)21-17-5-2-1-4-14(17)10-13-20(21)24-22/h1-6,8-13,18-19,22,24H,7H2/t18-,19-,22-/m0/s1. The first kappa shape index (κ1) is 13.8. The minimum absolute atomic E-state index is 0.179. The Labute approximate surface area is 140 Å². The van der Waals surface area contributed by atoms with E-state index in [2.05, 4.69) is 53.9 Å². The zero-order valence-electron chi connectivity index (χ0n) is 13.2. The van der Waals surface area contributed by atoms with Gasteiger partial charge in [0.2, 0.25) is 0 Å². The molecule has 0 aromatic heterocycles. The van der Waals surface area contributed by atoms with Gasteiger partial charge in [-0.2, -0.15) is 0 Å². The molecular weight excluding hydrogens is 297 g/mol. The number of allylic oxidation sites excluding steroid dienone is 2. The van der Waals surface area contributed by atoms with Crippen LogP contribution in [0, 0.1) is 11.7 Å². The molecule has 5 rings (SSSR count). The van der Waals surface area contributed by atoms with Crippen molar-refractivity contribution >= 4 is 16.5 Å². The smallest absolute Gasteiger partial charge is 0.123 e. The molecule has 2 heteroatoms. The van der Waals surface area contributed by atoms with Crippen LogP contribution in [-0.4, -0.2) is 0 Å². The lowest BCUT2D eigenvalue weighted by Crippen LogP contribution is -2.29. The van der Waals surface area contributed by atoms with Crippen LogP contribution < -0.4 is 5.32 Å². The van der Waals surface area contributed by atoms with Gasteiger partial charge in [-0.3, -0.25) is 0 Å². The van der Waals surface area contributed by atoms with Gasteiger partial charge in [0.15, 0.2) is 0 Å². The topological polar surface area (TPSA) is 12.0 Å². The van der Waals surface area contributed by atoms with Crippen molar-refractivity contribution in [2.24, 2.45) is 5.92 Å². The summed E-state index contributed by atoms with van der Waals surface area (Å²) in [5.41, 5.74) is 3.77. The van der Waals surface area contributed by atoms with Gasteiger partial charge in [-0.1, -0.05) is 54.6 Å². The van der Waals surface area contributed by atoms with Crippen LogP contribution in [0.5, 0.6) is 0 Å². The van der Waals surface area contributed by atoms with Crippen LogP contribution in [-0.2, 0) is 0 Å². The molecule has 1 nitrogen and oxygen atoms in total. The molecule has 118 valence electrons. The highest BCUT2D eigenvalue weighted by Crippen LogP contribution is 2.51. The number of fused-ring (bicyclic) bond motifs is 5. The van der Waals surface area contributed by atoms with Gasteiger partial charge >= 0.3 is 0 Å². The van der Waals surface area contributed by atoms with Gasteiger partial charge in [-0.25, -0.2) is 4.39 Å². The number of hydrogen-bond acceptors (Lipinski definition) is 1. The molecule has 3 aromatic carbocycles. The summed E-state index contributed by atoms with van der Waals surface area (Å²) in [5.74, 6) is 0.721. The number of benzene rings is 3. The molecule has 0 radical (unpaired) electrons. The third-order valence-electron chi connectivity index (χ3n) is 5.49. The van der Waals surface area contributed by atoms with Gasteiger partial charge in [-0.05, 0) is 52.4 Å². The van der Waals surface area contributed by atoms with Crippen molar-refractivity contribution in [2.45, 2.75) is 18.4 Å². The highest BCUT2D eigenvalue weighted by molar-refractivity contribution is 5.91. The number of rotatable bonds is 1. The van der Waals surface area contributed by atoms with Crippen molar-refractivity contribution in [1.82, 2.24) is 0 Å². The first-order chi connectivity index (χ1) is 11.8. The molecule has 0 bridgehead atoms.